The summed E-state index contributed by atoms with van der Waals surface area (Å²) in [7, 11) is 0. The van der Waals surface area contributed by atoms with Crippen LogP contribution in [0.3, 0.4) is 0 Å². The van der Waals surface area contributed by atoms with Gasteiger partial charge in [0.1, 0.15) is 0 Å². The minimum absolute atomic E-state index is 0.287. The summed E-state index contributed by atoms with van der Waals surface area (Å²) in [6.45, 7) is 7.79. The molecule has 3 rings (SSSR count). The van der Waals surface area contributed by atoms with Gasteiger partial charge in [0.05, 0.1) is 11.7 Å². The van der Waals surface area contributed by atoms with Crippen LogP contribution in [0.25, 0.3) is 0 Å². The first-order chi connectivity index (χ1) is 8.97. The molecule has 1 spiro atoms. The van der Waals surface area contributed by atoms with E-state index in [1.165, 1.54) is 32.1 Å². The Labute approximate surface area is 117 Å². The van der Waals surface area contributed by atoms with Crippen LogP contribution in [0.15, 0.2) is 0 Å². The number of nitrogens with one attached hydrogen (secondary N) is 1. The quantitative estimate of drug-likeness (QED) is 0.821. The fourth-order valence-electron chi connectivity index (χ4n) is 4.53. The molecule has 0 bridgehead atoms. The normalized spacial score (nSPS) is 39.3. The molecule has 2 N–H and O–H groups in total. The first-order valence-electron chi connectivity index (χ1n) is 8.05. The van der Waals surface area contributed by atoms with Crippen LogP contribution >= 0.6 is 0 Å². The van der Waals surface area contributed by atoms with Crippen molar-refractivity contribution in [3.63, 3.8) is 0 Å². The first kappa shape index (κ1) is 13.8. The van der Waals surface area contributed by atoms with Crippen LogP contribution in [-0.4, -0.2) is 36.0 Å². The summed E-state index contributed by atoms with van der Waals surface area (Å²) >= 11 is 0. The van der Waals surface area contributed by atoms with Gasteiger partial charge in [0.25, 0.3) is 0 Å². The lowest BCUT2D eigenvalue weighted by atomic mass is 9.54. The SMILES string of the molecule is CC(C)C(C)(O)CNC1C2CCOC2C12CCCC2. The van der Waals surface area contributed by atoms with Gasteiger partial charge in [0.2, 0.25) is 0 Å². The van der Waals surface area contributed by atoms with Gasteiger partial charge in [0.15, 0.2) is 0 Å². The van der Waals surface area contributed by atoms with E-state index in [1.807, 2.05) is 6.92 Å². The molecule has 0 aromatic carbocycles. The van der Waals surface area contributed by atoms with Gasteiger partial charge in [-0.1, -0.05) is 26.7 Å². The van der Waals surface area contributed by atoms with Crippen molar-refractivity contribution in [1.82, 2.24) is 5.32 Å². The van der Waals surface area contributed by atoms with Gasteiger partial charge in [-0.3, -0.25) is 0 Å². The predicted molar refractivity (Wildman–Crippen MR) is 76.0 cm³/mol. The molecular weight excluding hydrogens is 238 g/mol. The van der Waals surface area contributed by atoms with Crippen molar-refractivity contribution >= 4 is 0 Å². The van der Waals surface area contributed by atoms with E-state index >= 15 is 0 Å². The molecule has 110 valence electrons. The molecule has 0 radical (unpaired) electrons. The Morgan fingerprint density at radius 2 is 2.05 bits per heavy atom. The molecule has 1 aliphatic heterocycles. The van der Waals surface area contributed by atoms with Crippen LogP contribution in [0, 0.1) is 17.3 Å². The predicted octanol–water partition coefficient (Wildman–Crippen LogP) is 2.33. The summed E-state index contributed by atoms with van der Waals surface area (Å²) in [6, 6.07) is 0.577. The van der Waals surface area contributed by atoms with Crippen molar-refractivity contribution in [2.45, 2.75) is 70.6 Å². The van der Waals surface area contributed by atoms with Gasteiger partial charge in [-0.2, -0.15) is 0 Å². The maximum atomic E-state index is 10.4. The van der Waals surface area contributed by atoms with Crippen molar-refractivity contribution in [3.8, 4) is 0 Å². The highest BCUT2D eigenvalue weighted by molar-refractivity contribution is 5.16. The van der Waals surface area contributed by atoms with E-state index in [0.717, 1.165) is 6.61 Å². The molecule has 0 amide bonds. The Hall–Kier alpha value is -0.120. The maximum Gasteiger partial charge on any atom is 0.0766 e. The number of fused-ring (bicyclic) bond motifs is 2. The Kier molecular flexibility index (Phi) is 3.43. The van der Waals surface area contributed by atoms with Crippen molar-refractivity contribution in [2.75, 3.05) is 13.2 Å². The minimum Gasteiger partial charge on any atom is -0.389 e. The lowest BCUT2D eigenvalue weighted by molar-refractivity contribution is -0.135. The van der Waals surface area contributed by atoms with Gasteiger partial charge in [-0.05, 0) is 32.1 Å². The third-order valence-corrected chi connectivity index (χ3v) is 6.21. The van der Waals surface area contributed by atoms with Crippen LogP contribution < -0.4 is 5.32 Å². The highest BCUT2D eigenvalue weighted by Crippen LogP contribution is 2.60. The Balaban J connectivity index is 1.66. The zero-order chi connectivity index (χ0) is 13.7. The second-order valence-corrected chi connectivity index (χ2v) is 7.55. The number of rotatable bonds is 4. The van der Waals surface area contributed by atoms with Gasteiger partial charge in [-0.25, -0.2) is 0 Å². The molecule has 19 heavy (non-hydrogen) atoms. The lowest BCUT2D eigenvalue weighted by Crippen LogP contribution is -2.68. The van der Waals surface area contributed by atoms with Crippen LogP contribution in [0.1, 0.15) is 52.9 Å². The zero-order valence-electron chi connectivity index (χ0n) is 12.6. The maximum absolute atomic E-state index is 10.4. The van der Waals surface area contributed by atoms with E-state index in [2.05, 4.69) is 19.2 Å². The molecule has 4 atom stereocenters. The largest absolute Gasteiger partial charge is 0.389 e. The molecule has 0 aromatic rings. The summed E-state index contributed by atoms with van der Waals surface area (Å²) in [5, 5.41) is 14.2. The molecule has 0 aromatic heterocycles. The third kappa shape index (κ3) is 2.05. The van der Waals surface area contributed by atoms with E-state index in [0.29, 0.717) is 30.0 Å². The number of aliphatic hydroxyl groups is 1. The van der Waals surface area contributed by atoms with Crippen LogP contribution in [0.4, 0.5) is 0 Å². The number of ether oxygens (including phenoxy) is 1. The summed E-state index contributed by atoms with van der Waals surface area (Å²) in [6.07, 6.45) is 7.05. The molecular formula is C16H29NO2. The Morgan fingerprint density at radius 3 is 2.68 bits per heavy atom. The van der Waals surface area contributed by atoms with Crippen LogP contribution in [-0.2, 0) is 4.74 Å². The van der Waals surface area contributed by atoms with E-state index < -0.39 is 5.60 Å². The smallest absolute Gasteiger partial charge is 0.0766 e. The molecule has 3 nitrogen and oxygen atoms in total. The van der Waals surface area contributed by atoms with E-state index in [9.17, 15) is 5.11 Å². The summed E-state index contributed by atoms with van der Waals surface area (Å²) in [5.74, 6) is 0.983. The van der Waals surface area contributed by atoms with Gasteiger partial charge in [-0.15, -0.1) is 0 Å². The van der Waals surface area contributed by atoms with Crippen molar-refractivity contribution in [2.24, 2.45) is 17.3 Å². The summed E-state index contributed by atoms with van der Waals surface area (Å²) in [4.78, 5) is 0. The number of hydrogen-bond donors (Lipinski definition) is 2. The Morgan fingerprint density at radius 1 is 1.37 bits per heavy atom. The highest BCUT2D eigenvalue weighted by atomic mass is 16.5. The van der Waals surface area contributed by atoms with Gasteiger partial charge in [0, 0.05) is 30.5 Å². The molecule has 3 aliphatic rings. The summed E-state index contributed by atoms with van der Waals surface area (Å²) in [5.41, 5.74) is -0.210. The summed E-state index contributed by atoms with van der Waals surface area (Å²) < 4.78 is 6.00. The zero-order valence-corrected chi connectivity index (χ0v) is 12.6. The Bertz CT molecular complexity index is 334. The average molecular weight is 267 g/mol. The highest BCUT2D eigenvalue weighted by Gasteiger charge is 2.64. The number of hydrogen-bond acceptors (Lipinski definition) is 3. The lowest BCUT2D eigenvalue weighted by Gasteiger charge is -2.57. The third-order valence-electron chi connectivity index (χ3n) is 6.21. The van der Waals surface area contributed by atoms with Gasteiger partial charge < -0.3 is 15.2 Å². The molecule has 3 fully saturated rings. The molecule has 4 unspecified atom stereocenters. The van der Waals surface area contributed by atoms with E-state index in [4.69, 9.17) is 4.74 Å². The van der Waals surface area contributed by atoms with E-state index in [-0.39, 0.29) is 5.92 Å². The van der Waals surface area contributed by atoms with Gasteiger partial charge >= 0.3 is 0 Å². The molecule has 1 heterocycles. The van der Waals surface area contributed by atoms with Crippen molar-refractivity contribution < 1.29 is 9.84 Å². The minimum atomic E-state index is -0.607. The fraction of sp³-hybridized carbons (Fsp3) is 1.00. The monoisotopic (exact) mass is 267 g/mol. The molecule has 3 heteroatoms. The average Bonchev–Trinajstić information content (AvgIpc) is 2.95. The van der Waals surface area contributed by atoms with E-state index in [1.54, 1.807) is 0 Å². The molecule has 2 aliphatic carbocycles. The second-order valence-electron chi connectivity index (χ2n) is 7.55. The van der Waals surface area contributed by atoms with Crippen LogP contribution in [0.2, 0.25) is 0 Å². The first-order valence-corrected chi connectivity index (χ1v) is 8.05. The topological polar surface area (TPSA) is 41.5 Å². The van der Waals surface area contributed by atoms with Crippen molar-refractivity contribution in [3.05, 3.63) is 0 Å². The van der Waals surface area contributed by atoms with Crippen molar-refractivity contribution in [1.29, 1.82) is 0 Å². The standard InChI is InChI=1S/C16H29NO2/c1-11(2)15(3,18)10-17-13-12-6-9-19-14(12)16(13)7-4-5-8-16/h11-14,17-18H,4-10H2,1-3H3. The molecule has 2 saturated carbocycles. The second kappa shape index (κ2) is 4.71. The molecule has 1 saturated heterocycles. The van der Waals surface area contributed by atoms with Crippen LogP contribution in [0.5, 0.6) is 0 Å². The fourth-order valence-corrected chi connectivity index (χ4v) is 4.53.